The van der Waals surface area contributed by atoms with Crippen LogP contribution in [-0.2, 0) is 4.79 Å². The van der Waals surface area contributed by atoms with Crippen LogP contribution in [0.15, 0.2) is 30.3 Å². The maximum atomic E-state index is 12.5. The number of rotatable bonds is 4. The van der Waals surface area contributed by atoms with Crippen molar-refractivity contribution in [3.05, 3.63) is 35.9 Å². The van der Waals surface area contributed by atoms with Crippen LogP contribution in [0.1, 0.15) is 37.0 Å². The molecule has 0 radical (unpaired) electrons. The SMILES string of the molecule is CC(C)[C@H](NC(=O)c1ccccc1)C(=O)N1CCCC1. The minimum Gasteiger partial charge on any atom is -0.341 e. The lowest BCUT2D eigenvalue weighted by atomic mass is 10.0. The summed E-state index contributed by atoms with van der Waals surface area (Å²) in [4.78, 5) is 26.5. The number of carbonyl (C=O) groups is 2. The van der Waals surface area contributed by atoms with Crippen molar-refractivity contribution in [2.75, 3.05) is 13.1 Å². The number of hydrogen-bond acceptors (Lipinski definition) is 2. The van der Waals surface area contributed by atoms with Crippen molar-refractivity contribution in [3.8, 4) is 0 Å². The molecule has 4 nitrogen and oxygen atoms in total. The fourth-order valence-electron chi connectivity index (χ4n) is 2.46. The van der Waals surface area contributed by atoms with Crippen LogP contribution in [-0.4, -0.2) is 35.8 Å². The number of hydrogen-bond donors (Lipinski definition) is 1. The molecule has 0 bridgehead atoms. The number of amides is 2. The van der Waals surface area contributed by atoms with E-state index in [9.17, 15) is 9.59 Å². The highest BCUT2D eigenvalue weighted by Gasteiger charge is 2.30. The second-order valence-corrected chi connectivity index (χ2v) is 5.59. The van der Waals surface area contributed by atoms with Gasteiger partial charge in [0.15, 0.2) is 0 Å². The highest BCUT2D eigenvalue weighted by atomic mass is 16.2. The summed E-state index contributed by atoms with van der Waals surface area (Å²) in [6.07, 6.45) is 2.12. The smallest absolute Gasteiger partial charge is 0.251 e. The average molecular weight is 274 g/mol. The number of likely N-dealkylation sites (tertiary alicyclic amines) is 1. The van der Waals surface area contributed by atoms with Gasteiger partial charge in [0.25, 0.3) is 5.91 Å². The normalized spacial score (nSPS) is 16.2. The monoisotopic (exact) mass is 274 g/mol. The minimum absolute atomic E-state index is 0.0433. The van der Waals surface area contributed by atoms with Crippen LogP contribution in [0.5, 0.6) is 0 Å². The summed E-state index contributed by atoms with van der Waals surface area (Å²) in [6.45, 7) is 5.54. The van der Waals surface area contributed by atoms with Gasteiger partial charge in [-0.3, -0.25) is 9.59 Å². The maximum Gasteiger partial charge on any atom is 0.251 e. The topological polar surface area (TPSA) is 49.4 Å². The standard InChI is InChI=1S/C16H22N2O2/c1-12(2)14(16(20)18-10-6-7-11-18)17-15(19)13-8-4-3-5-9-13/h3-5,8-9,12,14H,6-7,10-11H2,1-2H3,(H,17,19)/t14-/m0/s1. The van der Waals surface area contributed by atoms with Gasteiger partial charge in [0.2, 0.25) is 5.91 Å². The molecule has 1 aliphatic rings. The molecule has 1 fully saturated rings. The van der Waals surface area contributed by atoms with E-state index in [1.807, 2.05) is 36.9 Å². The highest BCUT2D eigenvalue weighted by Crippen LogP contribution is 2.13. The molecule has 0 saturated carbocycles. The summed E-state index contributed by atoms with van der Waals surface area (Å²) >= 11 is 0. The molecule has 1 aromatic rings. The molecule has 1 saturated heterocycles. The lowest BCUT2D eigenvalue weighted by Crippen LogP contribution is -2.50. The van der Waals surface area contributed by atoms with Crippen molar-refractivity contribution in [3.63, 3.8) is 0 Å². The zero-order chi connectivity index (χ0) is 14.5. The van der Waals surface area contributed by atoms with Crippen molar-refractivity contribution in [2.45, 2.75) is 32.7 Å². The summed E-state index contributed by atoms with van der Waals surface area (Å²) in [7, 11) is 0. The Morgan fingerprint density at radius 2 is 1.70 bits per heavy atom. The van der Waals surface area contributed by atoms with Crippen LogP contribution >= 0.6 is 0 Å². The second-order valence-electron chi connectivity index (χ2n) is 5.59. The largest absolute Gasteiger partial charge is 0.341 e. The number of benzene rings is 1. The summed E-state index contributed by atoms with van der Waals surface area (Å²) in [5.41, 5.74) is 0.590. The van der Waals surface area contributed by atoms with Gasteiger partial charge in [-0.1, -0.05) is 32.0 Å². The molecule has 1 aromatic carbocycles. The number of nitrogens with one attached hydrogen (secondary N) is 1. The fourth-order valence-corrected chi connectivity index (χ4v) is 2.46. The molecular formula is C16H22N2O2. The summed E-state index contributed by atoms with van der Waals surface area (Å²) in [5.74, 6) is -0.0607. The molecule has 0 aromatic heterocycles. The van der Waals surface area contributed by atoms with Crippen molar-refractivity contribution in [1.82, 2.24) is 10.2 Å². The molecule has 4 heteroatoms. The highest BCUT2D eigenvalue weighted by molar-refractivity contribution is 5.97. The molecule has 2 rings (SSSR count). The van der Waals surface area contributed by atoms with E-state index in [1.165, 1.54) is 0 Å². The minimum atomic E-state index is -0.444. The van der Waals surface area contributed by atoms with Crippen molar-refractivity contribution < 1.29 is 9.59 Å². The van der Waals surface area contributed by atoms with Crippen LogP contribution in [0.4, 0.5) is 0 Å². The Hall–Kier alpha value is -1.84. The Balaban J connectivity index is 2.05. The molecule has 0 unspecified atom stereocenters. The van der Waals surface area contributed by atoms with E-state index >= 15 is 0 Å². The predicted octanol–water partition coefficient (Wildman–Crippen LogP) is 2.06. The lowest BCUT2D eigenvalue weighted by molar-refractivity contribution is -0.133. The molecular weight excluding hydrogens is 252 g/mol. The Morgan fingerprint density at radius 3 is 2.25 bits per heavy atom. The van der Waals surface area contributed by atoms with Gasteiger partial charge in [-0.05, 0) is 30.9 Å². The zero-order valence-electron chi connectivity index (χ0n) is 12.1. The molecule has 2 amide bonds. The van der Waals surface area contributed by atoms with E-state index < -0.39 is 6.04 Å². The third kappa shape index (κ3) is 3.38. The van der Waals surface area contributed by atoms with Gasteiger partial charge in [0.05, 0.1) is 0 Å². The Bertz CT molecular complexity index is 465. The first-order valence-corrected chi connectivity index (χ1v) is 7.24. The summed E-state index contributed by atoms with van der Waals surface area (Å²) in [6, 6.07) is 8.58. The molecule has 0 spiro atoms. The van der Waals surface area contributed by atoms with E-state index in [1.54, 1.807) is 12.1 Å². The number of nitrogens with zero attached hydrogens (tertiary/aromatic N) is 1. The average Bonchev–Trinajstić information content (AvgIpc) is 2.98. The fraction of sp³-hybridized carbons (Fsp3) is 0.500. The van der Waals surface area contributed by atoms with Crippen LogP contribution in [0.3, 0.4) is 0 Å². The van der Waals surface area contributed by atoms with Crippen LogP contribution in [0.25, 0.3) is 0 Å². The first-order valence-electron chi connectivity index (χ1n) is 7.24. The second kappa shape index (κ2) is 6.55. The van der Waals surface area contributed by atoms with E-state index in [0.29, 0.717) is 5.56 Å². The van der Waals surface area contributed by atoms with E-state index in [2.05, 4.69) is 5.32 Å². The van der Waals surface area contributed by atoms with E-state index in [-0.39, 0.29) is 17.7 Å². The first-order chi connectivity index (χ1) is 9.59. The Kier molecular flexibility index (Phi) is 4.77. The van der Waals surface area contributed by atoms with Gasteiger partial charge in [-0.25, -0.2) is 0 Å². The van der Waals surface area contributed by atoms with Crippen molar-refractivity contribution >= 4 is 11.8 Å². The molecule has 20 heavy (non-hydrogen) atoms. The zero-order valence-corrected chi connectivity index (χ0v) is 12.1. The van der Waals surface area contributed by atoms with Gasteiger partial charge in [0, 0.05) is 18.7 Å². The van der Waals surface area contributed by atoms with Gasteiger partial charge in [-0.15, -0.1) is 0 Å². The first kappa shape index (κ1) is 14.6. The van der Waals surface area contributed by atoms with Crippen LogP contribution in [0.2, 0.25) is 0 Å². The van der Waals surface area contributed by atoms with Crippen molar-refractivity contribution in [2.24, 2.45) is 5.92 Å². The third-order valence-corrected chi connectivity index (χ3v) is 3.67. The maximum absolute atomic E-state index is 12.5. The quantitative estimate of drug-likeness (QED) is 0.913. The lowest BCUT2D eigenvalue weighted by Gasteiger charge is -2.26. The Labute approximate surface area is 120 Å². The molecule has 1 aliphatic heterocycles. The molecule has 1 atom stereocenters. The van der Waals surface area contributed by atoms with Gasteiger partial charge >= 0.3 is 0 Å². The summed E-state index contributed by atoms with van der Waals surface area (Å²) in [5, 5.41) is 2.88. The molecule has 0 aliphatic carbocycles. The van der Waals surface area contributed by atoms with E-state index in [4.69, 9.17) is 0 Å². The number of carbonyl (C=O) groups excluding carboxylic acids is 2. The van der Waals surface area contributed by atoms with Gasteiger partial charge in [0.1, 0.15) is 6.04 Å². The third-order valence-electron chi connectivity index (χ3n) is 3.67. The van der Waals surface area contributed by atoms with Gasteiger partial charge in [-0.2, -0.15) is 0 Å². The molecule has 1 heterocycles. The predicted molar refractivity (Wildman–Crippen MR) is 78.3 cm³/mol. The molecule has 1 N–H and O–H groups in total. The Morgan fingerprint density at radius 1 is 1.10 bits per heavy atom. The van der Waals surface area contributed by atoms with Gasteiger partial charge < -0.3 is 10.2 Å². The van der Waals surface area contributed by atoms with Crippen LogP contribution < -0.4 is 5.32 Å². The van der Waals surface area contributed by atoms with Crippen LogP contribution in [0, 0.1) is 5.92 Å². The molecule has 108 valence electrons. The van der Waals surface area contributed by atoms with Crippen molar-refractivity contribution in [1.29, 1.82) is 0 Å². The summed E-state index contributed by atoms with van der Waals surface area (Å²) < 4.78 is 0. The van der Waals surface area contributed by atoms with E-state index in [0.717, 1.165) is 25.9 Å².